The smallest absolute Gasteiger partial charge is 0.323 e. The molecule has 0 spiro atoms. The second-order valence-electron chi connectivity index (χ2n) is 6.30. The maximum Gasteiger partial charge on any atom is 0.323 e. The molecule has 0 aliphatic rings. The van der Waals surface area contributed by atoms with E-state index in [0.29, 0.717) is 21.9 Å². The van der Waals surface area contributed by atoms with Crippen molar-refractivity contribution in [2.24, 2.45) is 7.05 Å². The lowest BCUT2D eigenvalue weighted by molar-refractivity contribution is -0.115. The van der Waals surface area contributed by atoms with Crippen molar-refractivity contribution in [1.29, 1.82) is 0 Å². The summed E-state index contributed by atoms with van der Waals surface area (Å²) in [5.41, 5.74) is 1.69. The first kappa shape index (κ1) is 18.5. The molecule has 144 valence electrons. The van der Waals surface area contributed by atoms with Crippen LogP contribution in [0.2, 0.25) is 0 Å². The van der Waals surface area contributed by atoms with Gasteiger partial charge < -0.3 is 19.9 Å². The summed E-state index contributed by atoms with van der Waals surface area (Å²) in [5, 5.41) is 13.7. The summed E-state index contributed by atoms with van der Waals surface area (Å²) in [4.78, 5) is 30.5. The number of thiophene rings is 1. The molecule has 3 aromatic heterocycles. The van der Waals surface area contributed by atoms with Crippen LogP contribution in [0.3, 0.4) is 0 Å². The third-order valence-electron chi connectivity index (χ3n) is 4.27. The van der Waals surface area contributed by atoms with Crippen molar-refractivity contribution in [2.45, 2.75) is 23.8 Å². The number of nitrogens with one attached hydrogen (secondary N) is 3. The van der Waals surface area contributed by atoms with Crippen molar-refractivity contribution in [3.05, 3.63) is 56.9 Å². The fraction of sp³-hybridized carbons (Fsp3) is 0.222. The zero-order chi connectivity index (χ0) is 19.7. The average molecular weight is 415 g/mol. The number of aromatic nitrogens is 5. The molecule has 0 saturated carbocycles. The predicted molar refractivity (Wildman–Crippen MR) is 111 cm³/mol. The molecule has 1 unspecified atom stereocenters. The van der Waals surface area contributed by atoms with Gasteiger partial charge in [0.05, 0.1) is 16.3 Å². The fourth-order valence-electron chi connectivity index (χ4n) is 2.74. The van der Waals surface area contributed by atoms with E-state index in [4.69, 9.17) is 0 Å². The van der Waals surface area contributed by atoms with E-state index in [2.05, 4.69) is 31.5 Å². The normalized spacial score (nSPS) is 12.4. The molecule has 0 saturated heterocycles. The third kappa shape index (κ3) is 3.87. The summed E-state index contributed by atoms with van der Waals surface area (Å²) in [5.74, 6) is 0.712. The number of benzene rings is 1. The van der Waals surface area contributed by atoms with Crippen LogP contribution in [0.25, 0.3) is 11.0 Å². The Morgan fingerprint density at radius 3 is 2.89 bits per heavy atom. The van der Waals surface area contributed by atoms with Gasteiger partial charge in [-0.3, -0.25) is 4.79 Å². The van der Waals surface area contributed by atoms with Crippen molar-refractivity contribution in [3.8, 4) is 0 Å². The van der Waals surface area contributed by atoms with E-state index in [1.165, 1.54) is 16.6 Å². The molecule has 3 N–H and O–H groups in total. The molecule has 0 bridgehead atoms. The van der Waals surface area contributed by atoms with Crippen LogP contribution >= 0.6 is 23.1 Å². The lowest BCUT2D eigenvalue weighted by Crippen LogP contribution is -2.22. The lowest BCUT2D eigenvalue weighted by atomic mass is 10.2. The van der Waals surface area contributed by atoms with Gasteiger partial charge in [-0.15, -0.1) is 21.5 Å². The number of rotatable bonds is 6. The summed E-state index contributed by atoms with van der Waals surface area (Å²) >= 11 is 3.04. The topological polar surface area (TPSA) is 108 Å². The van der Waals surface area contributed by atoms with Crippen LogP contribution in [0.5, 0.6) is 0 Å². The standard InChI is InChI=1S/C18H18N6O2S2/c1-10(16(25)19-11-5-6-13-14(8-11)21-17(26)20-13)28-18-23-22-15(24(18)2)9-12-4-3-7-27-12/h3-8,10H,9H2,1-2H3,(H,19,25)(H2,20,21,26). The maximum atomic E-state index is 12.6. The molecule has 10 heteroatoms. The summed E-state index contributed by atoms with van der Waals surface area (Å²) in [6.45, 7) is 1.82. The highest BCUT2D eigenvalue weighted by Gasteiger charge is 2.19. The van der Waals surface area contributed by atoms with Crippen molar-refractivity contribution in [1.82, 2.24) is 24.7 Å². The molecule has 28 heavy (non-hydrogen) atoms. The van der Waals surface area contributed by atoms with Gasteiger partial charge in [0, 0.05) is 24.0 Å². The Bertz CT molecular complexity index is 1170. The maximum absolute atomic E-state index is 12.6. The van der Waals surface area contributed by atoms with Gasteiger partial charge in [-0.2, -0.15) is 0 Å². The lowest BCUT2D eigenvalue weighted by Gasteiger charge is -2.11. The van der Waals surface area contributed by atoms with Crippen LogP contribution in [-0.2, 0) is 18.3 Å². The molecule has 4 aromatic rings. The Balaban J connectivity index is 1.42. The molecule has 0 radical (unpaired) electrons. The highest BCUT2D eigenvalue weighted by molar-refractivity contribution is 8.00. The summed E-state index contributed by atoms with van der Waals surface area (Å²) in [7, 11) is 1.91. The first-order valence-electron chi connectivity index (χ1n) is 8.60. The van der Waals surface area contributed by atoms with Crippen LogP contribution in [0.1, 0.15) is 17.6 Å². The number of amides is 1. The van der Waals surface area contributed by atoms with E-state index in [1.54, 1.807) is 29.5 Å². The predicted octanol–water partition coefficient (Wildman–Crippen LogP) is 2.76. The molecule has 1 amide bonds. The first-order valence-corrected chi connectivity index (χ1v) is 10.4. The summed E-state index contributed by atoms with van der Waals surface area (Å²) in [6, 6.07) is 9.31. The molecular formula is C18H18N6O2S2. The number of carbonyl (C=O) groups is 1. The van der Waals surface area contributed by atoms with Gasteiger partial charge in [0.1, 0.15) is 5.82 Å². The van der Waals surface area contributed by atoms with E-state index < -0.39 is 0 Å². The summed E-state index contributed by atoms with van der Waals surface area (Å²) in [6.07, 6.45) is 0.719. The van der Waals surface area contributed by atoms with E-state index in [0.717, 1.165) is 12.2 Å². The highest BCUT2D eigenvalue weighted by atomic mass is 32.2. The Morgan fingerprint density at radius 1 is 1.29 bits per heavy atom. The van der Waals surface area contributed by atoms with Crippen molar-refractivity contribution >= 4 is 45.7 Å². The van der Waals surface area contributed by atoms with Crippen LogP contribution < -0.4 is 11.0 Å². The number of aromatic amines is 2. The molecule has 8 nitrogen and oxygen atoms in total. The number of hydrogen-bond donors (Lipinski definition) is 3. The number of H-pyrrole nitrogens is 2. The van der Waals surface area contributed by atoms with Crippen molar-refractivity contribution < 1.29 is 4.79 Å². The third-order valence-corrected chi connectivity index (χ3v) is 6.28. The zero-order valence-corrected chi connectivity index (χ0v) is 16.9. The molecule has 1 aromatic carbocycles. The van der Waals surface area contributed by atoms with Crippen LogP contribution in [-0.4, -0.2) is 35.9 Å². The molecule has 1 atom stereocenters. The molecule has 0 aliphatic heterocycles. The number of nitrogens with zero attached hydrogens (tertiary/aromatic N) is 3. The van der Waals surface area contributed by atoms with Gasteiger partial charge in [-0.05, 0) is 36.6 Å². The van der Waals surface area contributed by atoms with Crippen molar-refractivity contribution in [3.63, 3.8) is 0 Å². The SMILES string of the molecule is CC(Sc1nnc(Cc2cccs2)n1C)C(=O)Nc1ccc2[nH]c(=O)[nH]c2c1. The monoisotopic (exact) mass is 414 g/mol. The minimum absolute atomic E-state index is 0.148. The van der Waals surface area contributed by atoms with Gasteiger partial charge in [0.15, 0.2) is 5.16 Å². The number of hydrogen-bond acceptors (Lipinski definition) is 6. The van der Waals surface area contributed by atoms with E-state index in [-0.39, 0.29) is 16.8 Å². The molecule has 0 fully saturated rings. The van der Waals surface area contributed by atoms with Gasteiger partial charge in [-0.25, -0.2) is 4.79 Å². The minimum atomic E-state index is -0.363. The number of anilines is 1. The zero-order valence-electron chi connectivity index (χ0n) is 15.2. The highest BCUT2D eigenvalue weighted by Crippen LogP contribution is 2.24. The Hall–Kier alpha value is -2.85. The van der Waals surface area contributed by atoms with Gasteiger partial charge in [-0.1, -0.05) is 17.8 Å². The Labute approximate surface area is 168 Å². The first-order chi connectivity index (χ1) is 13.5. The average Bonchev–Trinajstić information content (AvgIpc) is 3.38. The number of carbonyl (C=O) groups excluding carboxylic acids is 1. The second-order valence-corrected chi connectivity index (χ2v) is 8.64. The number of imidazole rings is 1. The second kappa shape index (κ2) is 7.64. The van der Waals surface area contributed by atoms with Gasteiger partial charge in [0.2, 0.25) is 5.91 Å². The fourth-order valence-corrected chi connectivity index (χ4v) is 4.27. The Morgan fingerprint density at radius 2 is 2.11 bits per heavy atom. The largest absolute Gasteiger partial charge is 0.325 e. The van der Waals surface area contributed by atoms with Gasteiger partial charge in [0.25, 0.3) is 0 Å². The molecular weight excluding hydrogens is 396 g/mol. The minimum Gasteiger partial charge on any atom is -0.325 e. The van der Waals surface area contributed by atoms with Crippen molar-refractivity contribution in [2.75, 3.05) is 5.32 Å². The van der Waals surface area contributed by atoms with Crippen LogP contribution in [0, 0.1) is 0 Å². The van der Waals surface area contributed by atoms with Crippen LogP contribution in [0.15, 0.2) is 45.7 Å². The molecule has 0 aliphatic carbocycles. The quantitative estimate of drug-likeness (QED) is 0.421. The van der Waals surface area contributed by atoms with E-state index >= 15 is 0 Å². The van der Waals surface area contributed by atoms with E-state index in [1.807, 2.05) is 30.0 Å². The van der Waals surface area contributed by atoms with Crippen LogP contribution in [0.4, 0.5) is 5.69 Å². The van der Waals surface area contributed by atoms with Gasteiger partial charge >= 0.3 is 5.69 Å². The Kier molecular flexibility index (Phi) is 5.05. The number of fused-ring (bicyclic) bond motifs is 1. The molecule has 4 rings (SSSR count). The number of thioether (sulfide) groups is 1. The van der Waals surface area contributed by atoms with E-state index in [9.17, 15) is 9.59 Å². The summed E-state index contributed by atoms with van der Waals surface area (Å²) < 4.78 is 1.92. The molecule has 3 heterocycles.